The number of anilines is 1. The second kappa shape index (κ2) is 7.36. The first-order valence-electron chi connectivity index (χ1n) is 6.21. The first kappa shape index (κ1) is 18.8. The number of pyridine rings is 1. The Hall–Kier alpha value is -1.22. The molecule has 0 unspecified atom stereocenters. The lowest BCUT2D eigenvalue weighted by Crippen LogP contribution is -2.32. The van der Waals surface area contributed by atoms with Gasteiger partial charge >= 0.3 is 12.4 Å². The van der Waals surface area contributed by atoms with Gasteiger partial charge in [-0.3, -0.25) is 4.90 Å². The zero-order valence-corrected chi connectivity index (χ0v) is 12.3. The lowest BCUT2D eigenvalue weighted by atomic mass is 10.2. The predicted molar refractivity (Wildman–Crippen MR) is 70.9 cm³/mol. The van der Waals surface area contributed by atoms with Crippen LogP contribution >= 0.6 is 11.6 Å². The fourth-order valence-corrected chi connectivity index (χ4v) is 1.90. The molecule has 1 aromatic rings. The Bertz CT molecular complexity index is 489. The van der Waals surface area contributed by atoms with Crippen LogP contribution in [0.5, 0.6) is 0 Å². The molecule has 0 amide bonds. The van der Waals surface area contributed by atoms with Crippen molar-refractivity contribution in [2.75, 3.05) is 32.0 Å². The molecule has 10 heteroatoms. The van der Waals surface area contributed by atoms with Gasteiger partial charge in [-0.1, -0.05) is 11.6 Å². The minimum Gasteiger partial charge on any atom is -0.369 e. The van der Waals surface area contributed by atoms with Crippen molar-refractivity contribution in [1.82, 2.24) is 9.88 Å². The van der Waals surface area contributed by atoms with E-state index >= 15 is 0 Å². The van der Waals surface area contributed by atoms with Crippen LogP contribution in [-0.2, 0) is 6.18 Å². The van der Waals surface area contributed by atoms with Crippen LogP contribution in [0.4, 0.5) is 32.2 Å². The second-order valence-corrected chi connectivity index (χ2v) is 5.09. The van der Waals surface area contributed by atoms with E-state index < -0.39 is 24.5 Å². The maximum Gasteiger partial charge on any atom is 0.417 e. The summed E-state index contributed by atoms with van der Waals surface area (Å²) >= 11 is 5.68. The minimum atomic E-state index is -4.53. The standard InChI is InChI=1S/C12H14ClF6N3/c1-22(7-11(14,15)16)4-2-3-20-10-9(13)5-8(6-21-10)12(17,18)19/h5-6H,2-4,7H2,1H3,(H,20,21). The van der Waals surface area contributed by atoms with Crippen LogP contribution in [0.15, 0.2) is 12.3 Å². The third kappa shape index (κ3) is 6.69. The van der Waals surface area contributed by atoms with Crippen molar-refractivity contribution in [1.29, 1.82) is 0 Å². The van der Waals surface area contributed by atoms with E-state index in [0.717, 1.165) is 11.0 Å². The number of rotatable bonds is 6. The maximum atomic E-state index is 12.4. The van der Waals surface area contributed by atoms with Gasteiger partial charge in [0.1, 0.15) is 5.82 Å². The Morgan fingerprint density at radius 1 is 1.23 bits per heavy atom. The molecule has 22 heavy (non-hydrogen) atoms. The van der Waals surface area contributed by atoms with Crippen molar-refractivity contribution in [3.05, 3.63) is 22.8 Å². The smallest absolute Gasteiger partial charge is 0.369 e. The largest absolute Gasteiger partial charge is 0.417 e. The van der Waals surface area contributed by atoms with E-state index in [0.29, 0.717) is 12.6 Å². The molecule has 0 aromatic carbocycles. The molecular weight excluding hydrogens is 336 g/mol. The normalized spacial score (nSPS) is 12.8. The molecule has 0 spiro atoms. The molecule has 0 aliphatic carbocycles. The van der Waals surface area contributed by atoms with Crippen molar-refractivity contribution >= 4 is 17.4 Å². The van der Waals surface area contributed by atoms with Gasteiger partial charge in [0.05, 0.1) is 17.1 Å². The molecule has 0 aliphatic heterocycles. The third-order valence-electron chi connectivity index (χ3n) is 2.63. The molecule has 0 aliphatic rings. The van der Waals surface area contributed by atoms with Crippen LogP contribution in [-0.4, -0.2) is 42.7 Å². The molecule has 0 bridgehead atoms. The maximum absolute atomic E-state index is 12.4. The quantitative estimate of drug-likeness (QED) is 0.620. The SMILES string of the molecule is CN(CCCNc1ncc(C(F)(F)F)cc1Cl)CC(F)(F)F. The fourth-order valence-electron chi connectivity index (χ4n) is 1.66. The van der Waals surface area contributed by atoms with E-state index in [1.54, 1.807) is 0 Å². The first-order valence-corrected chi connectivity index (χ1v) is 6.59. The first-order chi connectivity index (χ1) is 9.99. The molecule has 0 fully saturated rings. The van der Waals surface area contributed by atoms with Crippen LogP contribution in [0.25, 0.3) is 0 Å². The topological polar surface area (TPSA) is 28.2 Å². The molecule has 0 atom stereocenters. The van der Waals surface area contributed by atoms with E-state index in [4.69, 9.17) is 11.6 Å². The summed E-state index contributed by atoms with van der Waals surface area (Å²) in [5.74, 6) is 0.0631. The summed E-state index contributed by atoms with van der Waals surface area (Å²) in [4.78, 5) is 4.66. The number of hydrogen-bond donors (Lipinski definition) is 1. The van der Waals surface area contributed by atoms with Crippen molar-refractivity contribution < 1.29 is 26.3 Å². The van der Waals surface area contributed by atoms with Crippen molar-refractivity contribution in [2.45, 2.75) is 18.8 Å². The lowest BCUT2D eigenvalue weighted by Gasteiger charge is -2.18. The van der Waals surface area contributed by atoms with Gasteiger partial charge in [0.2, 0.25) is 0 Å². The summed E-state index contributed by atoms with van der Waals surface area (Å²) in [5, 5.41) is 2.50. The summed E-state index contributed by atoms with van der Waals surface area (Å²) in [6, 6.07) is 0.743. The summed E-state index contributed by atoms with van der Waals surface area (Å²) in [6.45, 7) is -0.614. The summed E-state index contributed by atoms with van der Waals surface area (Å²) in [6.07, 6.45) is -7.80. The number of halogens is 7. The Labute approximate surface area is 128 Å². The van der Waals surface area contributed by atoms with E-state index in [9.17, 15) is 26.3 Å². The highest BCUT2D eigenvalue weighted by molar-refractivity contribution is 6.32. The van der Waals surface area contributed by atoms with Gasteiger partial charge in [-0.25, -0.2) is 4.98 Å². The highest BCUT2D eigenvalue weighted by Gasteiger charge is 2.31. The Morgan fingerprint density at radius 2 is 1.86 bits per heavy atom. The van der Waals surface area contributed by atoms with Crippen LogP contribution in [0, 0.1) is 0 Å². The zero-order chi connectivity index (χ0) is 17.0. The Kier molecular flexibility index (Phi) is 6.30. The number of aromatic nitrogens is 1. The molecule has 1 rings (SSSR count). The highest BCUT2D eigenvalue weighted by atomic mass is 35.5. The van der Waals surface area contributed by atoms with Gasteiger partial charge in [-0.05, 0) is 26.1 Å². The zero-order valence-electron chi connectivity index (χ0n) is 11.5. The molecular formula is C12H14ClF6N3. The fraction of sp³-hybridized carbons (Fsp3) is 0.583. The lowest BCUT2D eigenvalue weighted by molar-refractivity contribution is -0.143. The van der Waals surface area contributed by atoms with E-state index in [1.807, 2.05) is 0 Å². The van der Waals surface area contributed by atoms with Crippen molar-refractivity contribution in [2.24, 2.45) is 0 Å². The highest BCUT2D eigenvalue weighted by Crippen LogP contribution is 2.32. The predicted octanol–water partition coefficient (Wildman–Crippen LogP) is 4.05. The van der Waals surface area contributed by atoms with Crippen LogP contribution in [0.2, 0.25) is 5.02 Å². The summed E-state index contributed by atoms with van der Waals surface area (Å²) in [7, 11) is 1.33. The summed E-state index contributed by atoms with van der Waals surface area (Å²) < 4.78 is 73.5. The average molecular weight is 350 g/mol. The third-order valence-corrected chi connectivity index (χ3v) is 2.91. The number of nitrogens with one attached hydrogen (secondary N) is 1. The number of alkyl halides is 6. The monoisotopic (exact) mass is 349 g/mol. The molecule has 0 saturated heterocycles. The Balaban J connectivity index is 2.43. The minimum absolute atomic E-state index is 0.0631. The van der Waals surface area contributed by atoms with Gasteiger partial charge in [0.15, 0.2) is 0 Å². The number of nitrogens with zero attached hydrogens (tertiary/aromatic N) is 2. The molecule has 1 aromatic heterocycles. The van der Waals surface area contributed by atoms with Crippen LogP contribution in [0.1, 0.15) is 12.0 Å². The Morgan fingerprint density at radius 3 is 2.36 bits per heavy atom. The van der Waals surface area contributed by atoms with Crippen molar-refractivity contribution in [3.8, 4) is 0 Å². The second-order valence-electron chi connectivity index (χ2n) is 4.69. The van der Waals surface area contributed by atoms with E-state index in [1.165, 1.54) is 7.05 Å². The number of hydrogen-bond acceptors (Lipinski definition) is 3. The van der Waals surface area contributed by atoms with Gasteiger partial charge in [-0.15, -0.1) is 0 Å². The van der Waals surface area contributed by atoms with Crippen LogP contribution in [0.3, 0.4) is 0 Å². The van der Waals surface area contributed by atoms with Gasteiger partial charge in [0, 0.05) is 12.7 Å². The molecule has 1 N–H and O–H groups in total. The molecule has 1 heterocycles. The van der Waals surface area contributed by atoms with Gasteiger partial charge < -0.3 is 5.32 Å². The summed E-state index contributed by atoms with van der Waals surface area (Å²) in [5.41, 5.74) is -0.965. The van der Waals surface area contributed by atoms with Gasteiger partial charge in [-0.2, -0.15) is 26.3 Å². The van der Waals surface area contributed by atoms with E-state index in [2.05, 4.69) is 10.3 Å². The molecule has 126 valence electrons. The van der Waals surface area contributed by atoms with E-state index in [-0.39, 0.29) is 23.9 Å². The molecule has 3 nitrogen and oxygen atoms in total. The van der Waals surface area contributed by atoms with Crippen LogP contribution < -0.4 is 5.32 Å². The average Bonchev–Trinajstić information content (AvgIpc) is 2.32. The molecule has 0 saturated carbocycles. The molecule has 0 radical (unpaired) electrons. The van der Waals surface area contributed by atoms with Crippen molar-refractivity contribution in [3.63, 3.8) is 0 Å². The van der Waals surface area contributed by atoms with Gasteiger partial charge in [0.25, 0.3) is 0 Å².